The molecule has 1 unspecified atom stereocenters. The smallest absolute Gasteiger partial charge is 0.258 e. The second kappa shape index (κ2) is 8.70. The maximum absolute atomic E-state index is 12.1. The number of nitrogens with zero attached hydrogens (tertiary/aromatic N) is 1. The fourth-order valence-corrected chi connectivity index (χ4v) is 3.05. The van der Waals surface area contributed by atoms with Crippen LogP contribution in [0.2, 0.25) is 5.02 Å². The van der Waals surface area contributed by atoms with Crippen LogP contribution in [0.5, 0.6) is 5.75 Å². The zero-order chi connectivity index (χ0) is 17.6. The number of halogens is 1. The van der Waals surface area contributed by atoms with Crippen molar-refractivity contribution >= 4 is 17.5 Å². The lowest BCUT2D eigenvalue weighted by Crippen LogP contribution is -2.57. The summed E-state index contributed by atoms with van der Waals surface area (Å²) in [6, 6.07) is 5.37. The molecule has 1 fully saturated rings. The summed E-state index contributed by atoms with van der Waals surface area (Å²) in [5, 5.41) is 3.66. The highest BCUT2D eigenvalue weighted by molar-refractivity contribution is 6.30. The van der Waals surface area contributed by atoms with Gasteiger partial charge in [0.1, 0.15) is 5.75 Å². The summed E-state index contributed by atoms with van der Waals surface area (Å²) in [6.45, 7) is 10.2. The number of carbonyl (C=O) groups is 1. The topological polar surface area (TPSA) is 50.8 Å². The van der Waals surface area contributed by atoms with Gasteiger partial charge in [-0.2, -0.15) is 0 Å². The number of hydrogen-bond acceptors (Lipinski definition) is 4. The van der Waals surface area contributed by atoms with Crippen molar-refractivity contribution in [2.75, 3.05) is 39.5 Å². The number of hydrogen-bond donors (Lipinski definition) is 1. The molecule has 2 rings (SSSR count). The average Bonchev–Trinajstić information content (AvgIpc) is 2.59. The van der Waals surface area contributed by atoms with Crippen molar-refractivity contribution in [1.29, 1.82) is 0 Å². The summed E-state index contributed by atoms with van der Waals surface area (Å²) in [5.74, 6) is 0.568. The number of ether oxygens (including phenoxy) is 2. The lowest BCUT2D eigenvalue weighted by Gasteiger charge is -2.43. The van der Waals surface area contributed by atoms with Crippen LogP contribution in [0.15, 0.2) is 18.2 Å². The molecule has 1 aromatic rings. The largest absolute Gasteiger partial charge is 0.484 e. The molecule has 1 aliphatic rings. The molecule has 1 saturated heterocycles. The molecule has 0 bridgehead atoms. The van der Waals surface area contributed by atoms with E-state index in [4.69, 9.17) is 21.1 Å². The molecule has 0 aliphatic carbocycles. The number of amides is 1. The monoisotopic (exact) mass is 354 g/mol. The van der Waals surface area contributed by atoms with E-state index in [1.807, 2.05) is 13.0 Å². The van der Waals surface area contributed by atoms with Gasteiger partial charge >= 0.3 is 0 Å². The summed E-state index contributed by atoms with van der Waals surface area (Å²) in [6.07, 6.45) is 0.963. The number of morpholine rings is 1. The van der Waals surface area contributed by atoms with E-state index >= 15 is 0 Å². The van der Waals surface area contributed by atoms with E-state index in [1.54, 1.807) is 12.1 Å². The van der Waals surface area contributed by atoms with E-state index in [-0.39, 0.29) is 18.1 Å². The van der Waals surface area contributed by atoms with Crippen LogP contribution >= 0.6 is 11.6 Å². The molecule has 134 valence electrons. The fraction of sp³-hybridized carbons (Fsp3) is 0.611. The highest BCUT2D eigenvalue weighted by Gasteiger charge is 2.31. The number of aryl methyl sites for hydroxylation is 1. The van der Waals surface area contributed by atoms with Crippen LogP contribution in [-0.4, -0.2) is 55.8 Å². The van der Waals surface area contributed by atoms with Gasteiger partial charge in [-0.05, 0) is 44.0 Å². The lowest BCUT2D eigenvalue weighted by molar-refractivity contribution is -0.124. The second-order valence-corrected chi connectivity index (χ2v) is 6.86. The molecule has 1 N–H and O–H groups in total. The second-order valence-electron chi connectivity index (χ2n) is 6.43. The van der Waals surface area contributed by atoms with Gasteiger partial charge in [0.15, 0.2) is 6.61 Å². The first-order chi connectivity index (χ1) is 11.4. The first kappa shape index (κ1) is 19.0. The molecule has 0 saturated carbocycles. The maximum Gasteiger partial charge on any atom is 0.258 e. The Hall–Kier alpha value is -1.30. The predicted octanol–water partition coefficient (Wildman–Crippen LogP) is 2.64. The van der Waals surface area contributed by atoms with Gasteiger partial charge in [0.05, 0.1) is 13.2 Å². The van der Waals surface area contributed by atoms with Crippen LogP contribution in [0.3, 0.4) is 0 Å². The van der Waals surface area contributed by atoms with Crippen LogP contribution in [0.1, 0.15) is 25.8 Å². The number of nitrogens with one attached hydrogen (secondary N) is 1. The summed E-state index contributed by atoms with van der Waals surface area (Å²) in [4.78, 5) is 14.5. The molecule has 0 radical (unpaired) electrons. The number of benzene rings is 1. The molecule has 1 aliphatic heterocycles. The average molecular weight is 355 g/mol. The Morgan fingerprint density at radius 1 is 1.42 bits per heavy atom. The molecule has 5 nitrogen and oxygen atoms in total. The minimum Gasteiger partial charge on any atom is -0.484 e. The van der Waals surface area contributed by atoms with Crippen LogP contribution in [0.25, 0.3) is 0 Å². The van der Waals surface area contributed by atoms with E-state index in [2.05, 4.69) is 24.1 Å². The Kier molecular flexibility index (Phi) is 6.90. The van der Waals surface area contributed by atoms with Crippen LogP contribution < -0.4 is 10.1 Å². The van der Waals surface area contributed by atoms with Gasteiger partial charge in [0.25, 0.3) is 5.91 Å². The predicted molar refractivity (Wildman–Crippen MR) is 95.8 cm³/mol. The highest BCUT2D eigenvalue weighted by atomic mass is 35.5. The van der Waals surface area contributed by atoms with Crippen molar-refractivity contribution in [3.63, 3.8) is 0 Å². The summed E-state index contributed by atoms with van der Waals surface area (Å²) >= 11 is 5.92. The SMILES string of the molecule is CCC(C)(CNC(=O)COc1ccc(Cl)cc1C)N1CCOCC1. The van der Waals surface area contributed by atoms with Crippen molar-refractivity contribution in [2.45, 2.75) is 32.7 Å². The van der Waals surface area contributed by atoms with Crippen LogP contribution in [-0.2, 0) is 9.53 Å². The van der Waals surface area contributed by atoms with Gasteiger partial charge in [-0.15, -0.1) is 0 Å². The molecule has 1 heterocycles. The zero-order valence-corrected chi connectivity index (χ0v) is 15.5. The summed E-state index contributed by atoms with van der Waals surface area (Å²) in [5.41, 5.74) is 0.859. The Balaban J connectivity index is 1.82. The molecule has 1 aromatic carbocycles. The Morgan fingerprint density at radius 2 is 2.12 bits per heavy atom. The highest BCUT2D eigenvalue weighted by Crippen LogP contribution is 2.22. The third-order valence-corrected chi connectivity index (χ3v) is 4.93. The minimum absolute atomic E-state index is 0.00534. The Labute approximate surface area is 149 Å². The minimum atomic E-state index is -0.114. The lowest BCUT2D eigenvalue weighted by atomic mass is 9.95. The van der Waals surface area contributed by atoms with E-state index in [0.29, 0.717) is 17.3 Å². The van der Waals surface area contributed by atoms with Gasteiger partial charge in [-0.3, -0.25) is 9.69 Å². The van der Waals surface area contributed by atoms with Gasteiger partial charge in [-0.1, -0.05) is 18.5 Å². The third-order valence-electron chi connectivity index (χ3n) is 4.70. The molecular weight excluding hydrogens is 328 g/mol. The molecule has 24 heavy (non-hydrogen) atoms. The van der Waals surface area contributed by atoms with Gasteiger partial charge in [-0.25, -0.2) is 0 Å². The summed E-state index contributed by atoms with van der Waals surface area (Å²) < 4.78 is 11.0. The van der Waals surface area contributed by atoms with Crippen molar-refractivity contribution in [2.24, 2.45) is 0 Å². The number of rotatable bonds is 7. The first-order valence-electron chi connectivity index (χ1n) is 8.43. The van der Waals surface area contributed by atoms with E-state index in [1.165, 1.54) is 0 Å². The van der Waals surface area contributed by atoms with E-state index < -0.39 is 0 Å². The molecular formula is C18H27ClN2O3. The molecule has 1 amide bonds. The van der Waals surface area contributed by atoms with Crippen molar-refractivity contribution in [3.8, 4) is 5.75 Å². The summed E-state index contributed by atoms with van der Waals surface area (Å²) in [7, 11) is 0. The maximum atomic E-state index is 12.1. The van der Waals surface area contributed by atoms with Crippen molar-refractivity contribution in [1.82, 2.24) is 10.2 Å². The molecule has 0 aromatic heterocycles. The van der Waals surface area contributed by atoms with Gasteiger partial charge in [0.2, 0.25) is 0 Å². The Bertz CT molecular complexity index is 561. The van der Waals surface area contributed by atoms with E-state index in [9.17, 15) is 4.79 Å². The molecule has 1 atom stereocenters. The first-order valence-corrected chi connectivity index (χ1v) is 8.81. The number of carbonyl (C=O) groups excluding carboxylic acids is 1. The van der Waals surface area contributed by atoms with E-state index in [0.717, 1.165) is 38.3 Å². The molecule has 0 spiro atoms. The standard InChI is InChI=1S/C18H27ClN2O3/c1-4-18(3,21-7-9-23-10-8-21)13-20-17(22)12-24-16-6-5-15(19)11-14(16)2/h5-6,11H,4,7-10,12-13H2,1-3H3,(H,20,22). The van der Waals surface area contributed by atoms with Crippen LogP contribution in [0, 0.1) is 6.92 Å². The van der Waals surface area contributed by atoms with Gasteiger partial charge < -0.3 is 14.8 Å². The Morgan fingerprint density at radius 3 is 2.75 bits per heavy atom. The van der Waals surface area contributed by atoms with Crippen molar-refractivity contribution in [3.05, 3.63) is 28.8 Å². The zero-order valence-electron chi connectivity index (χ0n) is 14.7. The molecule has 6 heteroatoms. The fourth-order valence-electron chi connectivity index (χ4n) is 2.82. The quantitative estimate of drug-likeness (QED) is 0.817. The third kappa shape index (κ3) is 5.10. The van der Waals surface area contributed by atoms with Crippen LogP contribution in [0.4, 0.5) is 0 Å². The van der Waals surface area contributed by atoms with Crippen molar-refractivity contribution < 1.29 is 14.3 Å². The normalized spacial score (nSPS) is 18.0. The van der Waals surface area contributed by atoms with Gasteiger partial charge in [0, 0.05) is 30.2 Å².